The lowest BCUT2D eigenvalue weighted by Gasteiger charge is -2.32. The highest BCUT2D eigenvalue weighted by Gasteiger charge is 2.16. The number of aryl methyl sites for hydroxylation is 2. The molecule has 24 heavy (non-hydrogen) atoms. The SMILES string of the molecule is Cc1ccc(C(=O)c2cccc(CN3CCN(C)CC3)c2)c(C)c1. The minimum absolute atomic E-state index is 0.118. The van der Waals surface area contributed by atoms with E-state index in [1.165, 1.54) is 11.1 Å². The number of benzene rings is 2. The van der Waals surface area contributed by atoms with Gasteiger partial charge in [-0.25, -0.2) is 0 Å². The lowest BCUT2D eigenvalue weighted by molar-refractivity contribution is 0.103. The first kappa shape index (κ1) is 16.9. The zero-order valence-corrected chi connectivity index (χ0v) is 14.9. The molecule has 1 aliphatic heterocycles. The summed E-state index contributed by atoms with van der Waals surface area (Å²) in [6.45, 7) is 9.38. The van der Waals surface area contributed by atoms with E-state index < -0.39 is 0 Å². The number of carbonyl (C=O) groups excluding carboxylic acids is 1. The van der Waals surface area contributed by atoms with Crippen molar-refractivity contribution >= 4 is 5.78 Å². The standard InChI is InChI=1S/C21H26N2O/c1-16-7-8-20(17(2)13-16)21(24)19-6-4-5-18(14-19)15-23-11-9-22(3)10-12-23/h4-8,13-14H,9-12,15H2,1-3H3. The van der Waals surface area contributed by atoms with Gasteiger partial charge < -0.3 is 4.90 Å². The van der Waals surface area contributed by atoms with E-state index in [4.69, 9.17) is 0 Å². The van der Waals surface area contributed by atoms with E-state index in [0.717, 1.165) is 49.4 Å². The normalized spacial score (nSPS) is 16.3. The summed E-state index contributed by atoms with van der Waals surface area (Å²) in [5.74, 6) is 0.118. The van der Waals surface area contributed by atoms with Crippen molar-refractivity contribution in [2.75, 3.05) is 33.2 Å². The molecular formula is C21H26N2O. The summed E-state index contributed by atoms with van der Waals surface area (Å²) in [4.78, 5) is 17.7. The molecule has 0 radical (unpaired) electrons. The molecule has 1 aliphatic rings. The second-order valence-electron chi connectivity index (χ2n) is 6.93. The van der Waals surface area contributed by atoms with E-state index in [2.05, 4.69) is 42.0 Å². The van der Waals surface area contributed by atoms with Gasteiger partial charge in [-0.15, -0.1) is 0 Å². The number of ketones is 1. The number of likely N-dealkylation sites (N-methyl/N-ethyl adjacent to an activating group) is 1. The minimum atomic E-state index is 0.118. The van der Waals surface area contributed by atoms with Crippen LogP contribution in [-0.2, 0) is 6.54 Å². The van der Waals surface area contributed by atoms with Crippen LogP contribution in [0.15, 0.2) is 42.5 Å². The molecule has 2 aromatic carbocycles. The van der Waals surface area contributed by atoms with Crippen LogP contribution in [0.25, 0.3) is 0 Å². The number of piperazine rings is 1. The molecule has 0 unspecified atom stereocenters. The molecule has 1 heterocycles. The Labute approximate surface area is 144 Å². The molecule has 0 N–H and O–H groups in total. The summed E-state index contributed by atoms with van der Waals surface area (Å²) in [6, 6.07) is 14.1. The zero-order valence-electron chi connectivity index (χ0n) is 14.9. The van der Waals surface area contributed by atoms with Gasteiger partial charge >= 0.3 is 0 Å². The summed E-state index contributed by atoms with van der Waals surface area (Å²) in [6.07, 6.45) is 0. The van der Waals surface area contributed by atoms with Crippen molar-refractivity contribution in [1.29, 1.82) is 0 Å². The number of rotatable bonds is 4. The predicted molar refractivity (Wildman–Crippen MR) is 98.6 cm³/mol. The van der Waals surface area contributed by atoms with Crippen LogP contribution in [-0.4, -0.2) is 48.8 Å². The van der Waals surface area contributed by atoms with Gasteiger partial charge in [0.1, 0.15) is 0 Å². The van der Waals surface area contributed by atoms with Gasteiger partial charge in [0.25, 0.3) is 0 Å². The van der Waals surface area contributed by atoms with Gasteiger partial charge in [-0.3, -0.25) is 9.69 Å². The Morgan fingerprint density at radius 2 is 1.75 bits per heavy atom. The van der Waals surface area contributed by atoms with E-state index in [1.807, 2.05) is 31.2 Å². The highest BCUT2D eigenvalue weighted by Crippen LogP contribution is 2.17. The van der Waals surface area contributed by atoms with Crippen LogP contribution in [0.2, 0.25) is 0 Å². The highest BCUT2D eigenvalue weighted by atomic mass is 16.1. The maximum absolute atomic E-state index is 12.8. The van der Waals surface area contributed by atoms with Gasteiger partial charge in [0, 0.05) is 43.9 Å². The van der Waals surface area contributed by atoms with Crippen LogP contribution in [0.3, 0.4) is 0 Å². The molecule has 0 spiro atoms. The Morgan fingerprint density at radius 3 is 2.46 bits per heavy atom. The van der Waals surface area contributed by atoms with Crippen LogP contribution in [0.4, 0.5) is 0 Å². The number of hydrogen-bond acceptors (Lipinski definition) is 3. The first-order chi connectivity index (χ1) is 11.5. The van der Waals surface area contributed by atoms with E-state index in [0.29, 0.717) is 0 Å². The van der Waals surface area contributed by atoms with Gasteiger partial charge in [0.05, 0.1) is 0 Å². The van der Waals surface area contributed by atoms with Gasteiger partial charge in [-0.2, -0.15) is 0 Å². The van der Waals surface area contributed by atoms with Crippen molar-refractivity contribution in [1.82, 2.24) is 9.80 Å². The molecule has 1 fully saturated rings. The smallest absolute Gasteiger partial charge is 0.193 e. The molecule has 126 valence electrons. The average molecular weight is 322 g/mol. The first-order valence-corrected chi connectivity index (χ1v) is 8.65. The van der Waals surface area contributed by atoms with Crippen molar-refractivity contribution < 1.29 is 4.79 Å². The number of hydrogen-bond donors (Lipinski definition) is 0. The quantitative estimate of drug-likeness (QED) is 0.807. The Morgan fingerprint density at radius 1 is 1.00 bits per heavy atom. The molecular weight excluding hydrogens is 296 g/mol. The fourth-order valence-electron chi connectivity index (χ4n) is 3.30. The maximum atomic E-state index is 12.8. The molecule has 0 amide bonds. The summed E-state index contributed by atoms with van der Waals surface area (Å²) in [5, 5.41) is 0. The highest BCUT2D eigenvalue weighted by molar-refractivity contribution is 6.10. The van der Waals surface area contributed by atoms with Crippen LogP contribution < -0.4 is 0 Å². The molecule has 0 saturated carbocycles. The lowest BCUT2D eigenvalue weighted by atomic mass is 9.96. The third kappa shape index (κ3) is 3.92. The van der Waals surface area contributed by atoms with Crippen molar-refractivity contribution in [3.8, 4) is 0 Å². The molecule has 3 heteroatoms. The minimum Gasteiger partial charge on any atom is -0.304 e. The third-order valence-electron chi connectivity index (χ3n) is 4.82. The van der Waals surface area contributed by atoms with Crippen LogP contribution >= 0.6 is 0 Å². The fourth-order valence-corrected chi connectivity index (χ4v) is 3.30. The second kappa shape index (κ2) is 7.29. The Kier molecular flexibility index (Phi) is 5.12. The van der Waals surface area contributed by atoms with E-state index in [-0.39, 0.29) is 5.78 Å². The van der Waals surface area contributed by atoms with Crippen LogP contribution in [0.5, 0.6) is 0 Å². The molecule has 3 nitrogen and oxygen atoms in total. The van der Waals surface area contributed by atoms with Crippen molar-refractivity contribution in [3.63, 3.8) is 0 Å². The largest absolute Gasteiger partial charge is 0.304 e. The van der Waals surface area contributed by atoms with Gasteiger partial charge in [-0.05, 0) is 38.1 Å². The molecule has 0 bridgehead atoms. The molecule has 1 saturated heterocycles. The molecule has 0 aliphatic carbocycles. The van der Waals surface area contributed by atoms with Gasteiger partial charge in [-0.1, -0.05) is 42.0 Å². The summed E-state index contributed by atoms with van der Waals surface area (Å²) in [5.41, 5.74) is 5.04. The summed E-state index contributed by atoms with van der Waals surface area (Å²) < 4.78 is 0. The fraction of sp³-hybridized carbons (Fsp3) is 0.381. The third-order valence-corrected chi connectivity index (χ3v) is 4.82. The van der Waals surface area contributed by atoms with Crippen LogP contribution in [0, 0.1) is 13.8 Å². The summed E-state index contributed by atoms with van der Waals surface area (Å²) >= 11 is 0. The number of carbonyl (C=O) groups is 1. The summed E-state index contributed by atoms with van der Waals surface area (Å²) in [7, 11) is 2.17. The van der Waals surface area contributed by atoms with Gasteiger partial charge in [0.15, 0.2) is 5.78 Å². The van der Waals surface area contributed by atoms with E-state index >= 15 is 0 Å². The first-order valence-electron chi connectivity index (χ1n) is 8.65. The average Bonchev–Trinajstić information content (AvgIpc) is 2.57. The molecule has 0 aromatic heterocycles. The maximum Gasteiger partial charge on any atom is 0.193 e. The number of nitrogens with zero attached hydrogens (tertiary/aromatic N) is 2. The lowest BCUT2D eigenvalue weighted by Crippen LogP contribution is -2.43. The van der Waals surface area contributed by atoms with E-state index in [1.54, 1.807) is 0 Å². The topological polar surface area (TPSA) is 23.6 Å². The van der Waals surface area contributed by atoms with Crippen molar-refractivity contribution in [2.24, 2.45) is 0 Å². The second-order valence-corrected chi connectivity index (χ2v) is 6.93. The molecule has 3 rings (SSSR count). The predicted octanol–water partition coefficient (Wildman–Crippen LogP) is 3.28. The Hall–Kier alpha value is -1.97. The monoisotopic (exact) mass is 322 g/mol. The van der Waals surface area contributed by atoms with Crippen molar-refractivity contribution in [3.05, 3.63) is 70.3 Å². The Balaban J connectivity index is 1.76. The van der Waals surface area contributed by atoms with Crippen LogP contribution in [0.1, 0.15) is 32.6 Å². The molecule has 0 atom stereocenters. The van der Waals surface area contributed by atoms with E-state index in [9.17, 15) is 4.79 Å². The van der Waals surface area contributed by atoms with Gasteiger partial charge in [0.2, 0.25) is 0 Å². The van der Waals surface area contributed by atoms with Crippen molar-refractivity contribution in [2.45, 2.75) is 20.4 Å². The Bertz CT molecular complexity index is 730. The zero-order chi connectivity index (χ0) is 17.1. The molecule has 2 aromatic rings.